The van der Waals surface area contributed by atoms with E-state index in [9.17, 15) is 8.78 Å². The van der Waals surface area contributed by atoms with Crippen LogP contribution in [-0.2, 0) is 0 Å². The molecule has 0 bridgehead atoms. The number of nitrogens with zero attached hydrogens (tertiary/aromatic N) is 1. The van der Waals surface area contributed by atoms with Crippen LogP contribution in [0.4, 0.5) is 8.78 Å². The summed E-state index contributed by atoms with van der Waals surface area (Å²) in [4.78, 5) is 2.86. The second-order valence-electron chi connectivity index (χ2n) is 7.59. The van der Waals surface area contributed by atoms with Gasteiger partial charge in [-0.2, -0.15) is 4.39 Å². The van der Waals surface area contributed by atoms with Crippen LogP contribution in [0.3, 0.4) is 0 Å². The third kappa shape index (κ3) is 8.11. The predicted octanol–water partition coefficient (Wildman–Crippen LogP) is 5.71. The quantitative estimate of drug-likeness (QED) is 0.490. The molecule has 2 aliphatic heterocycles. The van der Waals surface area contributed by atoms with E-state index in [-0.39, 0.29) is 5.75 Å². The van der Waals surface area contributed by atoms with Gasteiger partial charge in [0.2, 0.25) is 5.82 Å². The lowest BCUT2D eigenvalue weighted by molar-refractivity contribution is 0.238. The summed E-state index contributed by atoms with van der Waals surface area (Å²) >= 11 is 1.31. The summed E-state index contributed by atoms with van der Waals surface area (Å²) in [5.41, 5.74) is 0. The van der Waals surface area contributed by atoms with Gasteiger partial charge in [0.25, 0.3) is 0 Å². The van der Waals surface area contributed by atoms with Gasteiger partial charge in [-0.1, -0.05) is 36.4 Å². The van der Waals surface area contributed by atoms with Crippen molar-refractivity contribution in [2.75, 3.05) is 38.6 Å². The average Bonchev–Trinajstić information content (AvgIpc) is 3.38. The number of halogens is 2. The molecule has 3 aromatic carbocycles. The monoisotopic (exact) mass is 489 g/mol. The van der Waals surface area contributed by atoms with Crippen LogP contribution in [-0.4, -0.2) is 53.7 Å². The van der Waals surface area contributed by atoms with E-state index in [1.807, 2.05) is 36.4 Å². The number of likely N-dealkylation sites (tertiary alicyclic amines) is 1. The summed E-state index contributed by atoms with van der Waals surface area (Å²) in [7, 11) is 0. The first-order chi connectivity index (χ1) is 16.5. The Morgan fingerprint density at radius 3 is 2.21 bits per heavy atom. The molecule has 1 fully saturated rings. The molecule has 0 aliphatic carbocycles. The Balaban J connectivity index is 0.000000151. The maximum atomic E-state index is 13.1. The molecule has 0 saturated carbocycles. The first kappa shape index (κ1) is 25.6. The van der Waals surface area contributed by atoms with Crippen molar-refractivity contribution >= 4 is 11.8 Å². The summed E-state index contributed by atoms with van der Waals surface area (Å²) < 4.78 is 36.5. The van der Waals surface area contributed by atoms with Crippen molar-refractivity contribution in [3.63, 3.8) is 0 Å². The largest absolute Gasteiger partial charge is 0.508 e. The fourth-order valence-electron chi connectivity index (χ4n) is 3.35. The van der Waals surface area contributed by atoms with Gasteiger partial charge in [-0.25, -0.2) is 4.39 Å². The highest BCUT2D eigenvalue weighted by molar-refractivity contribution is 7.99. The lowest BCUT2D eigenvalue weighted by Gasteiger charge is -2.17. The number of ether oxygens (including phenoxy) is 2. The van der Waals surface area contributed by atoms with E-state index in [1.165, 1.54) is 37.7 Å². The normalized spacial score (nSPS) is 14.5. The van der Waals surface area contributed by atoms with Gasteiger partial charge >= 0.3 is 0 Å². The number of benzene rings is 3. The minimum absolute atomic E-state index is 0.0462. The van der Waals surface area contributed by atoms with Gasteiger partial charge < -0.3 is 19.7 Å². The van der Waals surface area contributed by atoms with Gasteiger partial charge in [-0.05, 0) is 56.3 Å². The molecule has 5 rings (SSSR count). The molecular weight excluding hydrogens is 460 g/mol. The highest BCUT2D eigenvalue weighted by atomic mass is 32.2. The second kappa shape index (κ2) is 13.7. The lowest BCUT2D eigenvalue weighted by atomic mass is 10.3. The van der Waals surface area contributed by atoms with E-state index >= 15 is 0 Å². The summed E-state index contributed by atoms with van der Waals surface area (Å²) in [6, 6.07) is 19.8. The summed E-state index contributed by atoms with van der Waals surface area (Å²) in [5, 5.41) is 17.6. The molecule has 0 radical (unpaired) electrons. The fourth-order valence-corrected chi connectivity index (χ4v) is 4.20. The number of phenols is 2. The Bertz CT molecular complexity index is 1000. The topological polar surface area (TPSA) is 62.2 Å². The first-order valence-electron chi connectivity index (χ1n) is 11.2. The van der Waals surface area contributed by atoms with Crippen molar-refractivity contribution in [3.8, 4) is 23.0 Å². The lowest BCUT2D eigenvalue weighted by Crippen LogP contribution is -2.25. The van der Waals surface area contributed by atoms with E-state index < -0.39 is 17.4 Å². The Hall–Kier alpha value is -2.97. The molecule has 0 spiro atoms. The fraction of sp³-hybridized carbons (Fsp3) is 0.308. The zero-order valence-corrected chi connectivity index (χ0v) is 19.6. The third-order valence-electron chi connectivity index (χ3n) is 5.08. The molecule has 0 aromatic heterocycles. The highest BCUT2D eigenvalue weighted by Crippen LogP contribution is 2.40. The summed E-state index contributed by atoms with van der Waals surface area (Å²) in [6.07, 6.45) is 2.71. The molecule has 8 heteroatoms. The summed E-state index contributed by atoms with van der Waals surface area (Å²) in [5.74, 6) is -1.02. The smallest absolute Gasteiger partial charge is 0.210 e. The van der Waals surface area contributed by atoms with Crippen LogP contribution in [0.25, 0.3) is 0 Å². The SMILES string of the molecule is Oc1c(F)cc2c(c1F)OCCS2.Oc1ccccc1.c1ccc(OCCN2CCCC2)cc1. The molecule has 2 heterocycles. The Morgan fingerprint density at radius 1 is 0.941 bits per heavy atom. The average molecular weight is 490 g/mol. The number of fused-ring (bicyclic) bond motifs is 1. The van der Waals surface area contributed by atoms with Gasteiger partial charge in [0, 0.05) is 12.3 Å². The van der Waals surface area contributed by atoms with E-state index in [2.05, 4.69) is 4.90 Å². The predicted molar refractivity (Wildman–Crippen MR) is 130 cm³/mol. The molecule has 5 nitrogen and oxygen atoms in total. The van der Waals surface area contributed by atoms with Crippen molar-refractivity contribution in [2.45, 2.75) is 17.7 Å². The molecule has 0 atom stereocenters. The third-order valence-corrected chi connectivity index (χ3v) is 6.06. The van der Waals surface area contributed by atoms with Gasteiger partial charge in [0.1, 0.15) is 18.1 Å². The molecule has 2 aliphatic rings. The number of hydrogen-bond acceptors (Lipinski definition) is 6. The number of para-hydroxylation sites is 2. The van der Waals surface area contributed by atoms with Crippen molar-refractivity contribution in [2.24, 2.45) is 0 Å². The van der Waals surface area contributed by atoms with Crippen LogP contribution in [0.5, 0.6) is 23.0 Å². The van der Waals surface area contributed by atoms with Crippen molar-refractivity contribution in [3.05, 3.63) is 78.4 Å². The number of hydrogen-bond donors (Lipinski definition) is 2. The van der Waals surface area contributed by atoms with Crippen LogP contribution in [0.1, 0.15) is 12.8 Å². The van der Waals surface area contributed by atoms with Crippen molar-refractivity contribution in [1.82, 2.24) is 4.90 Å². The second-order valence-corrected chi connectivity index (χ2v) is 8.73. The number of thioether (sulfide) groups is 1. The van der Waals surface area contributed by atoms with Crippen LogP contribution in [0.2, 0.25) is 0 Å². The van der Waals surface area contributed by atoms with Gasteiger partial charge in [0.05, 0.1) is 11.5 Å². The maximum absolute atomic E-state index is 13.1. The molecule has 34 heavy (non-hydrogen) atoms. The number of aromatic hydroxyl groups is 2. The molecule has 0 unspecified atom stereocenters. The maximum Gasteiger partial charge on any atom is 0.210 e. The highest BCUT2D eigenvalue weighted by Gasteiger charge is 2.22. The van der Waals surface area contributed by atoms with Gasteiger partial charge in [-0.15, -0.1) is 11.8 Å². The molecular formula is C26H29F2NO4S. The molecule has 2 N–H and O–H groups in total. The van der Waals surface area contributed by atoms with Gasteiger partial charge in [-0.3, -0.25) is 4.90 Å². The molecule has 3 aromatic rings. The minimum atomic E-state index is -1.01. The van der Waals surface area contributed by atoms with Crippen LogP contribution in [0.15, 0.2) is 71.6 Å². The molecule has 1 saturated heterocycles. The van der Waals surface area contributed by atoms with E-state index in [4.69, 9.17) is 19.7 Å². The molecule has 182 valence electrons. The van der Waals surface area contributed by atoms with E-state index in [0.717, 1.165) is 25.0 Å². The zero-order chi connectivity index (χ0) is 24.2. The summed E-state index contributed by atoms with van der Waals surface area (Å²) in [6.45, 7) is 4.74. The first-order valence-corrected chi connectivity index (χ1v) is 12.1. The van der Waals surface area contributed by atoms with Gasteiger partial charge in [0.15, 0.2) is 17.3 Å². The van der Waals surface area contributed by atoms with E-state index in [1.54, 1.807) is 24.3 Å². The van der Waals surface area contributed by atoms with Crippen molar-refractivity contribution in [1.29, 1.82) is 0 Å². The number of rotatable bonds is 4. The number of phenolic OH excluding ortho intramolecular Hbond substituents is 2. The molecule has 0 amide bonds. The Labute approximate surface area is 202 Å². The van der Waals surface area contributed by atoms with E-state index in [0.29, 0.717) is 23.0 Å². The van der Waals surface area contributed by atoms with Crippen molar-refractivity contribution < 1.29 is 28.5 Å². The zero-order valence-electron chi connectivity index (χ0n) is 18.8. The standard InChI is InChI=1S/C12H17NO.C8H6F2O2S.C6H6O/c1-2-6-12(7-3-1)14-11-10-13-8-4-5-9-13;9-4-3-5-8(6(10)7(4)11)12-1-2-13-5;7-6-4-2-1-3-5-6/h1-3,6-7H,4-5,8-11H2;3,11H,1-2H2;1-5,7H. The Kier molecular flexibility index (Phi) is 10.3. The van der Waals surface area contributed by atoms with Crippen LogP contribution < -0.4 is 9.47 Å². The van der Waals surface area contributed by atoms with Crippen LogP contribution in [0, 0.1) is 11.6 Å². The van der Waals surface area contributed by atoms with Crippen LogP contribution >= 0.6 is 11.8 Å². The minimum Gasteiger partial charge on any atom is -0.508 e. The Morgan fingerprint density at radius 2 is 1.59 bits per heavy atom.